The molecule has 0 amide bonds. The summed E-state index contributed by atoms with van der Waals surface area (Å²) in [6.07, 6.45) is 9.04. The van der Waals surface area contributed by atoms with E-state index in [0.717, 1.165) is 24.2 Å². The number of anilines is 2. The van der Waals surface area contributed by atoms with Gasteiger partial charge in [0.05, 0.1) is 15.5 Å². The van der Waals surface area contributed by atoms with Gasteiger partial charge in [-0.2, -0.15) is 8.42 Å². The Kier molecular flexibility index (Phi) is 13.2. The van der Waals surface area contributed by atoms with Crippen LogP contribution in [-0.4, -0.2) is 67.8 Å². The van der Waals surface area contributed by atoms with Crippen LogP contribution < -0.4 is 26.3 Å². The van der Waals surface area contributed by atoms with E-state index in [1.807, 2.05) is 0 Å². The first-order valence-corrected chi connectivity index (χ1v) is 24.3. The largest absolute Gasteiger partial charge is 0.385 e. The van der Waals surface area contributed by atoms with Gasteiger partial charge in [-0.05, 0) is 79.6 Å². The minimum atomic E-state index is -4.30. The Balaban J connectivity index is 0.000000138. The fourth-order valence-corrected chi connectivity index (χ4v) is 10.6. The number of benzene rings is 3. The van der Waals surface area contributed by atoms with Crippen LogP contribution in [0.5, 0.6) is 0 Å². The quantitative estimate of drug-likeness (QED) is 0.0764. The van der Waals surface area contributed by atoms with Crippen LogP contribution in [0.25, 0.3) is 42.0 Å². The normalized spacial score (nSPS) is 12.8. The topological polar surface area (TPSA) is 271 Å². The summed E-state index contributed by atoms with van der Waals surface area (Å²) in [7, 11) is -6.75. The predicted octanol–water partition coefficient (Wildman–Crippen LogP) is 6.06. The molecular formula is C43H32ClN9O10S3. The molecule has 5 N–H and O–H groups in total. The van der Waals surface area contributed by atoms with Gasteiger partial charge < -0.3 is 30.0 Å². The Morgan fingerprint density at radius 2 is 1.08 bits per heavy atom. The Morgan fingerprint density at radius 3 is 1.59 bits per heavy atom. The predicted molar refractivity (Wildman–Crippen MR) is 248 cm³/mol. The molecule has 3 aromatic carbocycles. The van der Waals surface area contributed by atoms with E-state index >= 15 is 0 Å². The van der Waals surface area contributed by atoms with Crippen molar-refractivity contribution in [1.82, 2.24) is 24.9 Å². The second kappa shape index (κ2) is 18.8. The van der Waals surface area contributed by atoms with Crippen LogP contribution in [0.2, 0.25) is 0 Å². The van der Waals surface area contributed by atoms with Crippen LogP contribution in [0.3, 0.4) is 0 Å². The van der Waals surface area contributed by atoms with Crippen LogP contribution in [0.15, 0.2) is 145 Å². The van der Waals surface area contributed by atoms with Crippen molar-refractivity contribution < 1.29 is 29.8 Å². The minimum absolute atomic E-state index is 0.0484. The first-order chi connectivity index (χ1) is 31.4. The summed E-state index contributed by atoms with van der Waals surface area (Å²) in [6.45, 7) is 15.1. The average molecular weight is 966 g/mol. The number of H-pyrrole nitrogens is 3. The first kappa shape index (κ1) is 46.3. The third-order valence-electron chi connectivity index (χ3n) is 10.1. The zero-order chi connectivity index (χ0) is 47.4. The molecule has 66 heavy (non-hydrogen) atoms. The monoisotopic (exact) mass is 965 g/mol. The number of halogens is 1. The third kappa shape index (κ3) is 9.68. The molecule has 0 fully saturated rings. The van der Waals surface area contributed by atoms with Crippen molar-refractivity contribution in [2.45, 2.75) is 27.5 Å². The Bertz CT molecular complexity index is 3730. The highest BCUT2D eigenvalue weighted by atomic mass is 35.7. The summed E-state index contributed by atoms with van der Waals surface area (Å²) in [4.78, 5) is 56.3. The van der Waals surface area contributed by atoms with E-state index in [-0.39, 0.29) is 48.9 Å². The van der Waals surface area contributed by atoms with Gasteiger partial charge in [0.2, 0.25) is 0 Å². The Hall–Kier alpha value is -7.73. The molecular weight excluding hydrogens is 934 g/mol. The van der Waals surface area contributed by atoms with E-state index in [4.69, 9.17) is 28.4 Å². The molecule has 2 aliphatic rings. The summed E-state index contributed by atoms with van der Waals surface area (Å²) in [5.74, 6) is 0.619. The lowest BCUT2D eigenvalue weighted by atomic mass is 10.2. The molecule has 0 unspecified atom stereocenters. The second-order valence-electron chi connectivity index (χ2n) is 14.1. The molecule has 0 saturated carbocycles. The van der Waals surface area contributed by atoms with E-state index in [9.17, 15) is 39.6 Å². The number of hydrogen-bond acceptors (Lipinski definition) is 12. The molecule has 5 aromatic heterocycles. The summed E-state index contributed by atoms with van der Waals surface area (Å²) in [5.41, 5.74) is 2.49. The summed E-state index contributed by atoms with van der Waals surface area (Å²) in [6, 6.07) is 21.0. The van der Waals surface area contributed by atoms with Gasteiger partial charge in [0.15, 0.2) is 0 Å². The van der Waals surface area contributed by atoms with Crippen LogP contribution in [-0.2, 0) is 42.0 Å². The zero-order valence-electron chi connectivity index (χ0n) is 33.8. The van der Waals surface area contributed by atoms with Crippen molar-refractivity contribution in [3.63, 3.8) is 0 Å². The highest BCUT2D eigenvalue weighted by Gasteiger charge is 2.33. The lowest BCUT2D eigenvalue weighted by molar-refractivity contribution is 0.484. The smallest absolute Gasteiger partial charge is 0.295 e. The molecule has 334 valence electrons. The molecule has 0 aliphatic carbocycles. The number of rotatable bonds is 4. The molecule has 19 nitrogen and oxygen atoms in total. The van der Waals surface area contributed by atoms with E-state index in [1.54, 1.807) is 42.7 Å². The molecule has 0 radical (unpaired) electrons. The fourth-order valence-electron chi connectivity index (χ4n) is 7.13. The van der Waals surface area contributed by atoms with Gasteiger partial charge in [-0.3, -0.25) is 23.2 Å². The average Bonchev–Trinajstić information content (AvgIpc) is 3.96. The van der Waals surface area contributed by atoms with Crippen LogP contribution >= 0.6 is 10.7 Å². The Labute approximate surface area is 379 Å². The van der Waals surface area contributed by atoms with Crippen molar-refractivity contribution in [1.29, 1.82) is 0 Å². The maximum absolute atomic E-state index is 13.2. The van der Waals surface area contributed by atoms with Gasteiger partial charge >= 0.3 is 0 Å². The highest BCUT2D eigenvalue weighted by molar-refractivity contribution is 8.14. The van der Waals surface area contributed by atoms with E-state index in [1.165, 1.54) is 83.1 Å². The molecule has 0 bridgehead atoms. The second-order valence-corrected chi connectivity index (χ2v) is 19.8. The SMILES string of the molecule is O=c1[nH]ccc2c(S(=O)(=O)Cl)cccc12.O=c1[nH]ccc2c(S(=O)(=O)O)cccc12.[C-]#[N+]c1cc2c(cn1)CCN2.[C-]#[N+]c1cc2c(cn1)CCN2S(=O)(=O)c1cccc2c(=O)[nH]ccc12. The molecule has 23 heteroatoms. The number of aromatic nitrogens is 5. The van der Waals surface area contributed by atoms with Crippen LogP contribution in [0.4, 0.5) is 23.0 Å². The lowest BCUT2D eigenvalue weighted by Gasteiger charge is -2.20. The van der Waals surface area contributed by atoms with Gasteiger partial charge in [-0.1, -0.05) is 31.3 Å². The number of sulfonamides is 1. The molecule has 2 aliphatic heterocycles. The van der Waals surface area contributed by atoms with Gasteiger partial charge in [-0.15, -0.1) is 9.97 Å². The lowest BCUT2D eigenvalue weighted by Crippen LogP contribution is -2.29. The summed E-state index contributed by atoms with van der Waals surface area (Å²) < 4.78 is 81.1. The molecule has 8 aromatic rings. The Morgan fingerprint density at radius 1 is 0.606 bits per heavy atom. The third-order valence-corrected chi connectivity index (χ3v) is 14.3. The molecule has 7 heterocycles. The van der Waals surface area contributed by atoms with Crippen molar-refractivity contribution in [3.8, 4) is 0 Å². The standard InChI is InChI=1S/C17H12N4O3S.C9H6ClNO3S.C9H7NO4S.C8H7N3/c1-18-16-9-14-11(10-20-16)6-8-21(14)25(23,24)15-4-2-3-13-12(15)5-7-19-17(13)22;10-15(13,14)8-3-1-2-7-6(8)4-5-11-9(7)12;11-9-7-2-1-3-8(15(12,13)14)6(7)4-5-10-9;1-9-8-4-7-6(5-11-8)2-3-10-7/h2-5,7,9-10H,6,8H2,(H,19,22);1-5H,(H,11,12);1-5H,(H,10,11)(H,12,13,14);4-5,10H,2-3H2. The van der Waals surface area contributed by atoms with E-state index < -0.39 is 34.8 Å². The fraction of sp³-hybridized carbons (Fsp3) is 0.0930. The van der Waals surface area contributed by atoms with Crippen LogP contribution in [0, 0.1) is 13.1 Å². The molecule has 0 spiro atoms. The van der Waals surface area contributed by atoms with Gasteiger partial charge in [0.1, 0.15) is 17.3 Å². The van der Waals surface area contributed by atoms with Crippen molar-refractivity contribution >= 4 is 95.2 Å². The number of pyridine rings is 5. The number of aromatic amines is 3. The maximum atomic E-state index is 13.2. The van der Waals surface area contributed by atoms with E-state index in [0.29, 0.717) is 39.5 Å². The maximum Gasteiger partial charge on any atom is 0.295 e. The molecule has 0 atom stereocenters. The minimum Gasteiger partial charge on any atom is -0.385 e. The highest BCUT2D eigenvalue weighted by Crippen LogP contribution is 2.36. The number of hydrogen-bond donors (Lipinski definition) is 5. The van der Waals surface area contributed by atoms with Gasteiger partial charge in [0.25, 0.3) is 57.5 Å². The summed E-state index contributed by atoms with van der Waals surface area (Å²) >= 11 is 0. The first-order valence-electron chi connectivity index (χ1n) is 19.1. The number of nitrogens with one attached hydrogen (secondary N) is 4. The van der Waals surface area contributed by atoms with Crippen molar-refractivity contribution in [3.05, 3.63) is 181 Å². The zero-order valence-corrected chi connectivity index (χ0v) is 37.0. The number of fused-ring (bicyclic) bond motifs is 5. The van der Waals surface area contributed by atoms with Crippen molar-refractivity contribution in [2.75, 3.05) is 22.7 Å². The number of nitrogens with zero attached hydrogens (tertiary/aromatic N) is 5. The van der Waals surface area contributed by atoms with Crippen LogP contribution in [0.1, 0.15) is 11.1 Å². The van der Waals surface area contributed by atoms with Crippen molar-refractivity contribution in [2.24, 2.45) is 0 Å². The van der Waals surface area contributed by atoms with E-state index in [2.05, 4.69) is 39.9 Å². The molecule has 0 saturated heterocycles. The van der Waals surface area contributed by atoms with Gasteiger partial charge in [0, 0.05) is 91.5 Å². The summed E-state index contributed by atoms with van der Waals surface area (Å²) in [5, 5.41) is 4.96. The molecule has 10 rings (SSSR count). The van der Waals surface area contributed by atoms with Gasteiger partial charge in [-0.25, -0.2) is 16.8 Å².